The lowest BCUT2D eigenvalue weighted by Crippen LogP contribution is -2.26. The number of para-hydroxylation sites is 1. The summed E-state index contributed by atoms with van der Waals surface area (Å²) >= 11 is 0. The highest BCUT2D eigenvalue weighted by Gasteiger charge is 2.44. The van der Waals surface area contributed by atoms with E-state index in [1.165, 1.54) is 72.3 Å². The van der Waals surface area contributed by atoms with Gasteiger partial charge in [-0.3, -0.25) is 4.79 Å². The summed E-state index contributed by atoms with van der Waals surface area (Å²) in [7, 11) is 0. The summed E-state index contributed by atoms with van der Waals surface area (Å²) in [6.07, 6.45) is 14.9. The molecule has 5 aliphatic rings. The fourth-order valence-electron chi connectivity index (χ4n) is 13.6. The number of hydrogen-bond donors (Lipinski definition) is 1. The van der Waals surface area contributed by atoms with Crippen molar-refractivity contribution in [2.24, 2.45) is 5.10 Å². The number of hydrazone groups is 1. The van der Waals surface area contributed by atoms with Crippen LogP contribution in [0, 0.1) is 0 Å². The molecular weight excluding hydrogens is 1000 g/mol. The third-order valence-corrected chi connectivity index (χ3v) is 17.4. The van der Waals surface area contributed by atoms with Crippen molar-refractivity contribution >= 4 is 74.9 Å². The Labute approximate surface area is 479 Å². The standard InChI is InChI=1S/C75H60N4O3/c80-74-64(73(75(81)82)76-79(74)60-26-14-5-15-27-60)43-42-61(56-36-44-71-67(48-56)62-28-16-30-69(62)77(71)58-38-32-50(33-39-58)46-65(52-18-6-1-7-19-52)53-20-8-2-9-21-53)57-37-45-72-68(49-57)63-29-17-31-70(63)78(72)59-40-34-51(35-41-59)47-66(54-22-10-3-11-23-54)55-24-12-4-13-25-55/h1-15,18-27,32-49,62-63,69-70H,16-17,28-31H2,(H,81,82)/b61-42?,64-43-. The molecule has 7 heteroatoms. The van der Waals surface area contributed by atoms with Crippen LogP contribution in [0.1, 0.15) is 106 Å². The van der Waals surface area contributed by atoms with Gasteiger partial charge in [-0.25, -0.2) is 4.79 Å². The molecule has 9 aromatic rings. The number of carbonyl (C=O) groups excluding carboxylic acids is 1. The van der Waals surface area contributed by atoms with Gasteiger partial charge in [0, 0.05) is 46.7 Å². The number of amides is 1. The van der Waals surface area contributed by atoms with Gasteiger partial charge < -0.3 is 14.9 Å². The van der Waals surface area contributed by atoms with Crippen LogP contribution in [0.3, 0.4) is 0 Å². The zero-order valence-corrected chi connectivity index (χ0v) is 45.4. The number of rotatable bonds is 13. The molecular formula is C75H60N4O3. The van der Waals surface area contributed by atoms with Crippen molar-refractivity contribution in [3.05, 3.63) is 310 Å². The molecule has 4 unspecified atom stereocenters. The Balaban J connectivity index is 0.834. The van der Waals surface area contributed by atoms with E-state index in [1.807, 2.05) is 24.3 Å². The molecule has 2 saturated carbocycles. The van der Waals surface area contributed by atoms with E-state index < -0.39 is 11.9 Å². The molecule has 3 heterocycles. The molecule has 7 nitrogen and oxygen atoms in total. The number of carbonyl (C=O) groups is 2. The van der Waals surface area contributed by atoms with Crippen molar-refractivity contribution in [3.63, 3.8) is 0 Å². The highest BCUT2D eigenvalue weighted by atomic mass is 16.4. The summed E-state index contributed by atoms with van der Waals surface area (Å²) in [6, 6.07) is 83.9. The number of carboxylic acids is 1. The first-order valence-electron chi connectivity index (χ1n) is 28.8. The van der Waals surface area contributed by atoms with Crippen LogP contribution >= 0.6 is 0 Å². The van der Waals surface area contributed by atoms with E-state index in [0.29, 0.717) is 29.6 Å². The van der Waals surface area contributed by atoms with Gasteiger partial charge in [-0.15, -0.1) is 0 Å². The van der Waals surface area contributed by atoms with Crippen LogP contribution in [0.5, 0.6) is 0 Å². The minimum absolute atomic E-state index is 0.0381. The number of fused-ring (bicyclic) bond motifs is 6. The van der Waals surface area contributed by atoms with Gasteiger partial charge in [0.25, 0.3) is 5.91 Å². The van der Waals surface area contributed by atoms with Crippen molar-refractivity contribution < 1.29 is 14.7 Å². The van der Waals surface area contributed by atoms with Gasteiger partial charge in [0.15, 0.2) is 5.71 Å². The SMILES string of the molecule is O=C(O)C1=NN(c2ccccc2)C(=O)/C1=C\C=C(c1ccc2c(c1)C1CCCC1N2c1ccc(C=C(c2ccccc2)c2ccccc2)cc1)c1ccc2c(c1)C1CCCC1N2c1ccc(C=C(c2ccccc2)c2ccccc2)cc1. The maximum atomic E-state index is 14.2. The summed E-state index contributed by atoms with van der Waals surface area (Å²) in [5, 5.41) is 16.1. The first-order chi connectivity index (χ1) is 40.4. The van der Waals surface area contributed by atoms with Crippen LogP contribution < -0.4 is 14.8 Å². The van der Waals surface area contributed by atoms with Crippen LogP contribution in [0.15, 0.2) is 259 Å². The summed E-state index contributed by atoms with van der Waals surface area (Å²) in [4.78, 5) is 32.2. The number of allylic oxidation sites excluding steroid dienone is 2. The molecule has 0 saturated heterocycles. The van der Waals surface area contributed by atoms with Gasteiger partial charge in [-0.1, -0.05) is 195 Å². The number of hydrogen-bond acceptors (Lipinski definition) is 5. The zero-order chi connectivity index (χ0) is 55.1. The smallest absolute Gasteiger partial charge is 0.357 e. The van der Waals surface area contributed by atoms with E-state index in [4.69, 9.17) is 0 Å². The number of benzene rings is 9. The van der Waals surface area contributed by atoms with Crippen LogP contribution in [0.25, 0.3) is 28.9 Å². The molecule has 3 aliphatic heterocycles. The van der Waals surface area contributed by atoms with Crippen LogP contribution in [0.2, 0.25) is 0 Å². The molecule has 82 heavy (non-hydrogen) atoms. The van der Waals surface area contributed by atoms with E-state index in [1.54, 1.807) is 18.2 Å². The van der Waals surface area contributed by atoms with Crippen LogP contribution in [-0.2, 0) is 9.59 Å². The van der Waals surface area contributed by atoms with E-state index in [9.17, 15) is 14.7 Å². The largest absolute Gasteiger partial charge is 0.476 e. The quantitative estimate of drug-likeness (QED) is 0.0920. The average molecular weight is 1070 g/mol. The second kappa shape index (κ2) is 21.7. The zero-order valence-electron chi connectivity index (χ0n) is 45.4. The lowest BCUT2D eigenvalue weighted by atomic mass is 9.89. The molecule has 2 aliphatic carbocycles. The molecule has 9 aromatic carbocycles. The van der Waals surface area contributed by atoms with Gasteiger partial charge in [-0.05, 0) is 177 Å². The van der Waals surface area contributed by atoms with Gasteiger partial charge in [0.2, 0.25) is 0 Å². The molecule has 398 valence electrons. The molecule has 1 N–H and O–H groups in total. The molecule has 1 amide bonds. The minimum Gasteiger partial charge on any atom is -0.476 e. The van der Waals surface area contributed by atoms with E-state index in [-0.39, 0.29) is 11.3 Å². The van der Waals surface area contributed by atoms with Crippen molar-refractivity contribution in [1.82, 2.24) is 0 Å². The lowest BCUT2D eigenvalue weighted by molar-refractivity contribution is -0.129. The van der Waals surface area contributed by atoms with Gasteiger partial charge in [0.1, 0.15) is 0 Å². The topological polar surface area (TPSA) is 76.4 Å². The van der Waals surface area contributed by atoms with Gasteiger partial charge >= 0.3 is 5.97 Å². The molecule has 0 radical (unpaired) electrons. The molecule has 0 spiro atoms. The maximum Gasteiger partial charge on any atom is 0.357 e. The average Bonchev–Trinajstić information content (AvgIpc) is 3.17. The van der Waals surface area contributed by atoms with Crippen molar-refractivity contribution in [3.8, 4) is 0 Å². The Morgan fingerprint density at radius 3 is 1.24 bits per heavy atom. The second-order valence-electron chi connectivity index (χ2n) is 22.1. The van der Waals surface area contributed by atoms with Crippen LogP contribution in [-0.4, -0.2) is 34.8 Å². The summed E-state index contributed by atoms with van der Waals surface area (Å²) in [5.74, 6) is -1.05. The second-order valence-corrected chi connectivity index (χ2v) is 22.1. The Bertz CT molecular complexity index is 3740. The highest BCUT2D eigenvalue weighted by Crippen LogP contribution is 2.55. The monoisotopic (exact) mass is 1060 g/mol. The Kier molecular flexibility index (Phi) is 13.3. The molecule has 0 aromatic heterocycles. The maximum absolute atomic E-state index is 14.2. The number of anilines is 5. The number of carboxylic acid groups (broad SMARTS) is 1. The van der Waals surface area contributed by atoms with E-state index >= 15 is 0 Å². The minimum atomic E-state index is -1.25. The van der Waals surface area contributed by atoms with E-state index in [2.05, 4.69) is 233 Å². The molecule has 0 bridgehead atoms. The fourth-order valence-corrected chi connectivity index (χ4v) is 13.6. The Morgan fingerprint density at radius 2 is 0.841 bits per heavy atom. The first kappa shape index (κ1) is 50.4. The van der Waals surface area contributed by atoms with Gasteiger partial charge in [0.05, 0.1) is 11.3 Å². The lowest BCUT2D eigenvalue weighted by Gasteiger charge is -2.27. The molecule has 2 fully saturated rings. The summed E-state index contributed by atoms with van der Waals surface area (Å²) in [6.45, 7) is 0. The fraction of sp³-hybridized carbons (Fsp3) is 0.133. The van der Waals surface area contributed by atoms with Gasteiger partial charge in [-0.2, -0.15) is 10.1 Å². The third-order valence-electron chi connectivity index (χ3n) is 17.4. The highest BCUT2D eigenvalue weighted by molar-refractivity contribution is 6.52. The predicted octanol–water partition coefficient (Wildman–Crippen LogP) is 17.3. The predicted molar refractivity (Wildman–Crippen MR) is 335 cm³/mol. The van der Waals surface area contributed by atoms with E-state index in [0.717, 1.165) is 66.4 Å². The number of nitrogens with zero attached hydrogens (tertiary/aromatic N) is 4. The third kappa shape index (κ3) is 9.38. The van der Waals surface area contributed by atoms with Crippen molar-refractivity contribution in [2.75, 3.05) is 14.8 Å². The van der Waals surface area contributed by atoms with Crippen molar-refractivity contribution in [1.29, 1.82) is 0 Å². The van der Waals surface area contributed by atoms with Crippen LogP contribution in [0.4, 0.5) is 28.4 Å². The number of aliphatic carboxylic acids is 1. The molecule has 4 atom stereocenters. The molecule has 14 rings (SSSR count). The first-order valence-corrected chi connectivity index (χ1v) is 28.8. The normalized spacial score (nSPS) is 18.8. The van der Waals surface area contributed by atoms with Crippen molar-refractivity contribution in [2.45, 2.75) is 62.4 Å². The Hall–Kier alpha value is -9.85. The Morgan fingerprint density at radius 1 is 0.439 bits per heavy atom. The summed E-state index contributed by atoms with van der Waals surface area (Å²) < 4.78 is 0. The summed E-state index contributed by atoms with van der Waals surface area (Å²) in [5.41, 5.74) is 20.0.